The molecular weight excluding hydrogens is 280 g/mol. The van der Waals surface area contributed by atoms with E-state index in [1.54, 1.807) is 18.3 Å². The van der Waals surface area contributed by atoms with Gasteiger partial charge in [0.1, 0.15) is 12.4 Å². The molecule has 0 saturated heterocycles. The molecule has 1 N–H and O–H groups in total. The molecule has 0 saturated carbocycles. The Labute approximate surface area is 127 Å². The van der Waals surface area contributed by atoms with Gasteiger partial charge in [-0.25, -0.2) is 4.68 Å². The molecule has 0 bridgehead atoms. The Balaban J connectivity index is 1.71. The molecule has 0 aliphatic rings. The fraction of sp³-hybridized carbons (Fsp3) is 0.176. The first-order chi connectivity index (χ1) is 10.8. The van der Waals surface area contributed by atoms with Gasteiger partial charge in [-0.2, -0.15) is 5.10 Å². The Kier molecular flexibility index (Phi) is 4.16. The van der Waals surface area contributed by atoms with Crippen molar-refractivity contribution < 1.29 is 9.84 Å². The Bertz CT molecular complexity index is 842. The highest BCUT2D eigenvalue weighted by molar-refractivity contribution is 5.80. The highest BCUT2D eigenvalue weighted by Crippen LogP contribution is 2.13. The number of benzene rings is 2. The van der Waals surface area contributed by atoms with Crippen molar-refractivity contribution in [1.82, 2.24) is 9.78 Å². The SMILES string of the molecule is O=c1c2ccccc2cnn1CCOc1cccc(CO)c1. The van der Waals surface area contributed by atoms with Crippen LogP contribution in [0, 0.1) is 0 Å². The maximum Gasteiger partial charge on any atom is 0.274 e. The fourth-order valence-electron chi connectivity index (χ4n) is 2.27. The van der Waals surface area contributed by atoms with Gasteiger partial charge in [0.15, 0.2) is 0 Å². The van der Waals surface area contributed by atoms with E-state index in [0.717, 1.165) is 10.9 Å². The van der Waals surface area contributed by atoms with E-state index in [2.05, 4.69) is 5.10 Å². The summed E-state index contributed by atoms with van der Waals surface area (Å²) in [4.78, 5) is 12.3. The van der Waals surface area contributed by atoms with E-state index >= 15 is 0 Å². The first-order valence-corrected chi connectivity index (χ1v) is 7.05. The fourth-order valence-corrected chi connectivity index (χ4v) is 2.27. The number of fused-ring (bicyclic) bond motifs is 1. The second-order valence-electron chi connectivity index (χ2n) is 4.91. The second-order valence-corrected chi connectivity index (χ2v) is 4.91. The summed E-state index contributed by atoms with van der Waals surface area (Å²) >= 11 is 0. The van der Waals surface area contributed by atoms with Gasteiger partial charge in [-0.3, -0.25) is 4.79 Å². The topological polar surface area (TPSA) is 64.4 Å². The average Bonchev–Trinajstić information content (AvgIpc) is 2.57. The number of rotatable bonds is 5. The Morgan fingerprint density at radius 2 is 2.00 bits per heavy atom. The van der Waals surface area contributed by atoms with E-state index in [4.69, 9.17) is 9.84 Å². The highest BCUT2D eigenvalue weighted by atomic mass is 16.5. The summed E-state index contributed by atoms with van der Waals surface area (Å²) in [5, 5.41) is 14.7. The zero-order valence-electron chi connectivity index (χ0n) is 12.0. The van der Waals surface area contributed by atoms with Gasteiger partial charge in [0, 0.05) is 5.39 Å². The molecule has 1 heterocycles. The van der Waals surface area contributed by atoms with Gasteiger partial charge in [0.25, 0.3) is 5.56 Å². The molecule has 0 fully saturated rings. The van der Waals surface area contributed by atoms with Gasteiger partial charge in [-0.15, -0.1) is 0 Å². The van der Waals surface area contributed by atoms with Crippen LogP contribution in [-0.4, -0.2) is 21.5 Å². The zero-order chi connectivity index (χ0) is 15.4. The number of aliphatic hydroxyl groups excluding tert-OH is 1. The lowest BCUT2D eigenvalue weighted by atomic mass is 10.2. The number of hydrogen-bond donors (Lipinski definition) is 1. The molecule has 22 heavy (non-hydrogen) atoms. The smallest absolute Gasteiger partial charge is 0.274 e. The van der Waals surface area contributed by atoms with Gasteiger partial charge in [0.2, 0.25) is 0 Å². The molecule has 0 radical (unpaired) electrons. The minimum atomic E-state index is -0.120. The molecule has 3 rings (SSSR count). The highest BCUT2D eigenvalue weighted by Gasteiger charge is 2.03. The molecule has 1 aromatic heterocycles. The zero-order valence-corrected chi connectivity index (χ0v) is 12.0. The Morgan fingerprint density at radius 1 is 1.14 bits per heavy atom. The summed E-state index contributed by atoms with van der Waals surface area (Å²) in [5.74, 6) is 0.667. The molecule has 3 aromatic rings. The summed E-state index contributed by atoms with van der Waals surface area (Å²) in [5.41, 5.74) is 0.671. The lowest BCUT2D eigenvalue weighted by Gasteiger charge is -2.09. The predicted octanol–water partition coefficient (Wildman–Crippen LogP) is 1.97. The van der Waals surface area contributed by atoms with Crippen LogP contribution >= 0.6 is 0 Å². The van der Waals surface area contributed by atoms with Crippen LogP contribution in [0.1, 0.15) is 5.56 Å². The minimum absolute atomic E-state index is 0.0249. The van der Waals surface area contributed by atoms with E-state index in [-0.39, 0.29) is 12.2 Å². The van der Waals surface area contributed by atoms with Gasteiger partial charge in [-0.1, -0.05) is 30.3 Å². The summed E-state index contributed by atoms with van der Waals surface area (Å²) in [6.45, 7) is 0.677. The third-order valence-electron chi connectivity index (χ3n) is 3.41. The second kappa shape index (κ2) is 6.41. The molecule has 0 atom stereocenters. The Hall–Kier alpha value is -2.66. The maximum atomic E-state index is 12.3. The predicted molar refractivity (Wildman–Crippen MR) is 83.9 cm³/mol. The van der Waals surface area contributed by atoms with Gasteiger partial charge < -0.3 is 9.84 Å². The summed E-state index contributed by atoms with van der Waals surface area (Å²) < 4.78 is 7.01. The van der Waals surface area contributed by atoms with Crippen LogP contribution in [0.4, 0.5) is 0 Å². The molecule has 5 nitrogen and oxygen atoms in total. The van der Waals surface area contributed by atoms with Gasteiger partial charge in [0.05, 0.1) is 24.7 Å². The number of aliphatic hydroxyl groups is 1. The third-order valence-corrected chi connectivity index (χ3v) is 3.41. The van der Waals surface area contributed by atoms with Crippen molar-refractivity contribution >= 4 is 10.8 Å². The van der Waals surface area contributed by atoms with Crippen molar-refractivity contribution in [2.75, 3.05) is 6.61 Å². The van der Waals surface area contributed by atoms with E-state index in [1.807, 2.05) is 36.4 Å². The number of aromatic nitrogens is 2. The first kappa shape index (κ1) is 14.3. The monoisotopic (exact) mass is 296 g/mol. The van der Waals surface area contributed by atoms with E-state index in [1.165, 1.54) is 4.68 Å². The summed E-state index contributed by atoms with van der Waals surface area (Å²) in [6.07, 6.45) is 1.68. The lowest BCUT2D eigenvalue weighted by Crippen LogP contribution is -2.25. The van der Waals surface area contributed by atoms with Crippen molar-refractivity contribution in [2.24, 2.45) is 0 Å². The largest absolute Gasteiger partial charge is 0.492 e. The first-order valence-electron chi connectivity index (χ1n) is 7.05. The van der Waals surface area contributed by atoms with Crippen molar-refractivity contribution in [1.29, 1.82) is 0 Å². The van der Waals surface area contributed by atoms with Crippen molar-refractivity contribution in [3.63, 3.8) is 0 Å². The molecule has 2 aromatic carbocycles. The molecule has 5 heteroatoms. The number of ether oxygens (including phenoxy) is 1. The molecular formula is C17H16N2O3. The standard InChI is InChI=1S/C17H16N2O3/c20-12-13-4-3-6-15(10-13)22-9-8-19-17(21)16-7-2-1-5-14(16)11-18-19/h1-7,10-11,20H,8-9,12H2. The van der Waals surface area contributed by atoms with Crippen LogP contribution in [0.3, 0.4) is 0 Å². The normalized spacial score (nSPS) is 10.8. The average molecular weight is 296 g/mol. The van der Waals surface area contributed by atoms with E-state index < -0.39 is 0 Å². The number of nitrogens with zero attached hydrogens (tertiary/aromatic N) is 2. The quantitative estimate of drug-likeness (QED) is 0.782. The maximum absolute atomic E-state index is 12.3. The van der Waals surface area contributed by atoms with Crippen LogP contribution in [0.2, 0.25) is 0 Å². The minimum Gasteiger partial charge on any atom is -0.492 e. The number of hydrogen-bond acceptors (Lipinski definition) is 4. The van der Waals surface area contributed by atoms with Crippen LogP contribution in [0.15, 0.2) is 59.5 Å². The van der Waals surface area contributed by atoms with E-state index in [0.29, 0.717) is 24.3 Å². The third kappa shape index (κ3) is 2.99. The lowest BCUT2D eigenvalue weighted by molar-refractivity contribution is 0.275. The van der Waals surface area contributed by atoms with E-state index in [9.17, 15) is 4.79 Å². The molecule has 0 aliphatic heterocycles. The molecule has 112 valence electrons. The van der Waals surface area contributed by atoms with Crippen molar-refractivity contribution in [3.05, 3.63) is 70.6 Å². The van der Waals surface area contributed by atoms with Crippen LogP contribution in [-0.2, 0) is 13.2 Å². The molecule has 0 aliphatic carbocycles. The van der Waals surface area contributed by atoms with Gasteiger partial charge in [-0.05, 0) is 23.8 Å². The van der Waals surface area contributed by atoms with Crippen LogP contribution in [0.5, 0.6) is 5.75 Å². The van der Waals surface area contributed by atoms with Crippen molar-refractivity contribution in [3.8, 4) is 5.75 Å². The summed E-state index contributed by atoms with van der Waals surface area (Å²) in [6, 6.07) is 14.6. The molecule has 0 unspecified atom stereocenters. The van der Waals surface area contributed by atoms with Crippen molar-refractivity contribution in [2.45, 2.75) is 13.2 Å². The molecule has 0 amide bonds. The van der Waals surface area contributed by atoms with Crippen LogP contribution in [0.25, 0.3) is 10.8 Å². The molecule has 0 spiro atoms. The van der Waals surface area contributed by atoms with Gasteiger partial charge >= 0.3 is 0 Å². The Morgan fingerprint density at radius 3 is 2.86 bits per heavy atom. The van der Waals surface area contributed by atoms with Crippen LogP contribution < -0.4 is 10.3 Å². The summed E-state index contributed by atoms with van der Waals surface area (Å²) in [7, 11) is 0.